The van der Waals surface area contributed by atoms with Crippen molar-refractivity contribution in [1.29, 1.82) is 0 Å². The first-order valence-electron chi connectivity index (χ1n) is 3.71. The van der Waals surface area contributed by atoms with Crippen molar-refractivity contribution in [1.82, 2.24) is 4.90 Å². The molecule has 0 bridgehead atoms. The van der Waals surface area contributed by atoms with Gasteiger partial charge in [-0.15, -0.1) is 0 Å². The summed E-state index contributed by atoms with van der Waals surface area (Å²) in [5, 5.41) is 8.76. The minimum Gasteiger partial charge on any atom is -0.392 e. The zero-order valence-electron chi connectivity index (χ0n) is 6.51. The second kappa shape index (κ2) is 3.17. The summed E-state index contributed by atoms with van der Waals surface area (Å²) in [5.41, 5.74) is 0.990. The van der Waals surface area contributed by atoms with Crippen molar-refractivity contribution in [2.24, 2.45) is 5.92 Å². The Morgan fingerprint density at radius 2 is 2.50 bits per heavy atom. The molecule has 1 rings (SSSR count). The lowest BCUT2D eigenvalue weighted by atomic mass is 10.0. The number of rotatable bonds is 2. The van der Waals surface area contributed by atoms with Crippen LogP contribution in [0.4, 0.5) is 0 Å². The molecule has 1 saturated heterocycles. The van der Waals surface area contributed by atoms with Crippen molar-refractivity contribution in [2.75, 3.05) is 26.7 Å². The summed E-state index contributed by atoms with van der Waals surface area (Å²) in [6.07, 6.45) is 1.16. The summed E-state index contributed by atoms with van der Waals surface area (Å²) in [4.78, 5) is 2.27. The third kappa shape index (κ3) is 1.58. The lowest BCUT2D eigenvalue weighted by Crippen LogP contribution is -2.15. The zero-order chi connectivity index (χ0) is 7.56. The fourth-order valence-electron chi connectivity index (χ4n) is 1.40. The molecule has 1 aliphatic heterocycles. The first kappa shape index (κ1) is 7.76. The third-order valence-electron chi connectivity index (χ3n) is 2.17. The Labute approximate surface area is 62.2 Å². The van der Waals surface area contributed by atoms with Gasteiger partial charge in [-0.3, -0.25) is 0 Å². The molecule has 0 aliphatic carbocycles. The lowest BCUT2D eigenvalue weighted by Gasteiger charge is -2.10. The Morgan fingerprint density at radius 1 is 1.80 bits per heavy atom. The molecule has 1 unspecified atom stereocenters. The van der Waals surface area contributed by atoms with E-state index in [2.05, 4.69) is 18.5 Å². The molecule has 0 aromatic rings. The van der Waals surface area contributed by atoms with Crippen LogP contribution in [0.3, 0.4) is 0 Å². The minimum absolute atomic E-state index is 0.151. The van der Waals surface area contributed by atoms with Crippen LogP contribution in [0.25, 0.3) is 0 Å². The van der Waals surface area contributed by atoms with Crippen LogP contribution in [0.5, 0.6) is 0 Å². The second-order valence-corrected chi connectivity index (χ2v) is 3.06. The maximum atomic E-state index is 8.76. The van der Waals surface area contributed by atoms with Crippen molar-refractivity contribution < 1.29 is 5.11 Å². The van der Waals surface area contributed by atoms with E-state index in [4.69, 9.17) is 5.11 Å². The molecule has 0 aromatic heterocycles. The van der Waals surface area contributed by atoms with Crippen molar-refractivity contribution in [3.8, 4) is 0 Å². The molecule has 1 atom stereocenters. The number of likely N-dealkylation sites (tertiary alicyclic amines) is 1. The largest absolute Gasteiger partial charge is 0.392 e. The van der Waals surface area contributed by atoms with E-state index in [0.29, 0.717) is 5.92 Å². The van der Waals surface area contributed by atoms with Gasteiger partial charge in [0.05, 0.1) is 6.61 Å². The van der Waals surface area contributed by atoms with Gasteiger partial charge in [0.2, 0.25) is 0 Å². The van der Waals surface area contributed by atoms with E-state index in [1.807, 2.05) is 0 Å². The smallest absolute Gasteiger partial charge is 0.0642 e. The van der Waals surface area contributed by atoms with Gasteiger partial charge < -0.3 is 10.0 Å². The summed E-state index contributed by atoms with van der Waals surface area (Å²) >= 11 is 0. The number of hydrogen-bond acceptors (Lipinski definition) is 2. The number of hydrogen-bond donors (Lipinski definition) is 1. The van der Waals surface area contributed by atoms with Crippen LogP contribution >= 0.6 is 0 Å². The Balaban J connectivity index is 2.37. The topological polar surface area (TPSA) is 23.5 Å². The molecule has 58 valence electrons. The predicted octanol–water partition coefficient (Wildman–Crippen LogP) is 0.487. The first-order valence-corrected chi connectivity index (χ1v) is 3.71. The molecule has 1 fully saturated rings. The molecule has 1 N–H and O–H groups in total. The summed E-state index contributed by atoms with van der Waals surface area (Å²) < 4.78 is 0. The van der Waals surface area contributed by atoms with Gasteiger partial charge in [-0.1, -0.05) is 6.58 Å². The summed E-state index contributed by atoms with van der Waals surface area (Å²) in [5.74, 6) is 0.537. The molecule has 0 amide bonds. The van der Waals surface area contributed by atoms with Gasteiger partial charge in [0, 0.05) is 6.54 Å². The Bertz CT molecular complexity index is 133. The average molecular weight is 141 g/mol. The van der Waals surface area contributed by atoms with E-state index >= 15 is 0 Å². The van der Waals surface area contributed by atoms with Crippen LogP contribution in [0.1, 0.15) is 6.42 Å². The van der Waals surface area contributed by atoms with E-state index in [1.54, 1.807) is 0 Å². The molecular weight excluding hydrogens is 126 g/mol. The van der Waals surface area contributed by atoms with E-state index in [1.165, 1.54) is 0 Å². The zero-order valence-corrected chi connectivity index (χ0v) is 6.51. The molecule has 0 radical (unpaired) electrons. The summed E-state index contributed by atoms with van der Waals surface area (Å²) in [7, 11) is 2.10. The van der Waals surface area contributed by atoms with Crippen LogP contribution < -0.4 is 0 Å². The van der Waals surface area contributed by atoms with Crippen molar-refractivity contribution in [2.45, 2.75) is 6.42 Å². The van der Waals surface area contributed by atoms with Crippen molar-refractivity contribution in [3.05, 3.63) is 12.2 Å². The Morgan fingerprint density at radius 3 is 2.90 bits per heavy atom. The van der Waals surface area contributed by atoms with Crippen LogP contribution in [0.2, 0.25) is 0 Å². The maximum absolute atomic E-state index is 8.76. The van der Waals surface area contributed by atoms with Crippen molar-refractivity contribution in [3.63, 3.8) is 0 Å². The van der Waals surface area contributed by atoms with Crippen LogP contribution in [0, 0.1) is 5.92 Å². The fourth-order valence-corrected chi connectivity index (χ4v) is 1.40. The minimum atomic E-state index is 0.151. The van der Waals surface area contributed by atoms with E-state index in [0.717, 1.165) is 25.1 Å². The Hall–Kier alpha value is -0.340. The highest BCUT2D eigenvalue weighted by Crippen LogP contribution is 2.20. The number of nitrogens with zero attached hydrogens (tertiary/aromatic N) is 1. The highest BCUT2D eigenvalue weighted by molar-refractivity contribution is 5.03. The van der Waals surface area contributed by atoms with Crippen LogP contribution in [-0.2, 0) is 0 Å². The van der Waals surface area contributed by atoms with Crippen LogP contribution in [-0.4, -0.2) is 36.8 Å². The molecule has 2 heteroatoms. The molecule has 1 aliphatic rings. The van der Waals surface area contributed by atoms with Gasteiger partial charge in [-0.05, 0) is 31.5 Å². The third-order valence-corrected chi connectivity index (χ3v) is 2.17. The molecular formula is C8H15NO. The predicted molar refractivity (Wildman–Crippen MR) is 41.8 cm³/mol. The van der Waals surface area contributed by atoms with Gasteiger partial charge >= 0.3 is 0 Å². The summed E-state index contributed by atoms with van der Waals surface area (Å²) in [6.45, 7) is 6.18. The monoisotopic (exact) mass is 141 g/mol. The van der Waals surface area contributed by atoms with Gasteiger partial charge in [0.1, 0.15) is 0 Å². The molecule has 10 heavy (non-hydrogen) atoms. The lowest BCUT2D eigenvalue weighted by molar-refractivity contribution is 0.312. The van der Waals surface area contributed by atoms with Gasteiger partial charge in [-0.2, -0.15) is 0 Å². The SMILES string of the molecule is C=C(CO)C1CCN(C)C1. The molecule has 1 heterocycles. The normalized spacial score (nSPS) is 27.2. The molecule has 0 spiro atoms. The van der Waals surface area contributed by atoms with E-state index in [9.17, 15) is 0 Å². The molecule has 2 nitrogen and oxygen atoms in total. The quantitative estimate of drug-likeness (QED) is 0.566. The average Bonchev–Trinajstić information content (AvgIpc) is 2.34. The fraction of sp³-hybridized carbons (Fsp3) is 0.750. The van der Waals surface area contributed by atoms with Crippen molar-refractivity contribution >= 4 is 0 Å². The first-order chi connectivity index (χ1) is 4.74. The van der Waals surface area contributed by atoms with E-state index < -0.39 is 0 Å². The molecule has 0 saturated carbocycles. The highest BCUT2D eigenvalue weighted by Gasteiger charge is 2.20. The van der Waals surface area contributed by atoms with Gasteiger partial charge in [-0.25, -0.2) is 0 Å². The maximum Gasteiger partial charge on any atom is 0.0642 e. The molecule has 0 aromatic carbocycles. The van der Waals surface area contributed by atoms with Gasteiger partial charge in [0.25, 0.3) is 0 Å². The standard InChI is InChI=1S/C8H15NO/c1-7(6-10)8-3-4-9(2)5-8/h8,10H,1,3-6H2,2H3. The number of aliphatic hydroxyl groups is 1. The van der Waals surface area contributed by atoms with Crippen LogP contribution in [0.15, 0.2) is 12.2 Å². The number of aliphatic hydroxyl groups excluding tert-OH is 1. The highest BCUT2D eigenvalue weighted by atomic mass is 16.3. The second-order valence-electron chi connectivity index (χ2n) is 3.06. The Kier molecular flexibility index (Phi) is 2.46. The summed E-state index contributed by atoms with van der Waals surface area (Å²) in [6, 6.07) is 0. The van der Waals surface area contributed by atoms with Gasteiger partial charge in [0.15, 0.2) is 0 Å². The van der Waals surface area contributed by atoms with E-state index in [-0.39, 0.29) is 6.61 Å².